The van der Waals surface area contributed by atoms with Crippen LogP contribution < -0.4 is 9.47 Å². The second kappa shape index (κ2) is 7.49. The van der Waals surface area contributed by atoms with Crippen LogP contribution in [-0.2, 0) is 16.1 Å². The number of fused-ring (bicyclic) bond motifs is 2. The Morgan fingerprint density at radius 1 is 1.25 bits per heavy atom. The number of ether oxygens (including phenoxy) is 3. The van der Waals surface area contributed by atoms with Crippen molar-refractivity contribution in [3.05, 3.63) is 59.8 Å². The summed E-state index contributed by atoms with van der Waals surface area (Å²) in [6.45, 7) is 2.43. The van der Waals surface area contributed by atoms with E-state index in [0.29, 0.717) is 23.7 Å². The van der Waals surface area contributed by atoms with Crippen molar-refractivity contribution in [1.82, 2.24) is 4.57 Å². The number of carbonyl (C=O) groups excluding carboxylic acids is 1. The summed E-state index contributed by atoms with van der Waals surface area (Å²) in [6.07, 6.45) is 3.69. The zero-order valence-corrected chi connectivity index (χ0v) is 15.3. The quantitative estimate of drug-likeness (QED) is 0.499. The number of esters is 1. The molecule has 6 heteroatoms. The van der Waals surface area contributed by atoms with Gasteiger partial charge in [0.2, 0.25) is 6.79 Å². The molecule has 3 aromatic rings. The van der Waals surface area contributed by atoms with Crippen molar-refractivity contribution in [2.75, 3.05) is 13.4 Å². The molecule has 1 aliphatic rings. The second-order valence-corrected chi connectivity index (χ2v) is 6.27. The van der Waals surface area contributed by atoms with Crippen molar-refractivity contribution in [3.8, 4) is 17.6 Å². The largest absolute Gasteiger partial charge is 0.465 e. The highest BCUT2D eigenvalue weighted by molar-refractivity contribution is 5.98. The van der Waals surface area contributed by atoms with Gasteiger partial charge in [-0.15, -0.1) is 0 Å². The van der Waals surface area contributed by atoms with Gasteiger partial charge in [-0.3, -0.25) is 4.79 Å². The number of hydrogen-bond donors (Lipinski definition) is 0. The summed E-state index contributed by atoms with van der Waals surface area (Å²) in [5, 5.41) is 10.7. The van der Waals surface area contributed by atoms with Crippen LogP contribution in [0.2, 0.25) is 0 Å². The number of carbonyl (C=O) groups is 1. The van der Waals surface area contributed by atoms with Gasteiger partial charge in [-0.1, -0.05) is 18.2 Å². The molecule has 0 bridgehead atoms. The molecule has 0 radical (unpaired) electrons. The Morgan fingerprint density at radius 2 is 2.07 bits per heavy atom. The van der Waals surface area contributed by atoms with Crippen LogP contribution >= 0.6 is 0 Å². The van der Waals surface area contributed by atoms with Crippen LogP contribution in [0.25, 0.3) is 22.6 Å². The number of nitriles is 1. The summed E-state index contributed by atoms with van der Waals surface area (Å²) in [7, 11) is 0. The number of para-hydroxylation sites is 1. The smallest absolute Gasteiger partial charge is 0.325 e. The predicted octanol–water partition coefficient (Wildman–Crippen LogP) is 4.00. The lowest BCUT2D eigenvalue weighted by atomic mass is 10.0. The third-order valence-corrected chi connectivity index (χ3v) is 4.53. The Kier molecular flexibility index (Phi) is 4.73. The Hall–Kier alpha value is -3.72. The van der Waals surface area contributed by atoms with Crippen molar-refractivity contribution in [2.45, 2.75) is 13.5 Å². The molecule has 0 saturated heterocycles. The molecule has 0 unspecified atom stereocenters. The fraction of sp³-hybridized carbons (Fsp3) is 0.182. The van der Waals surface area contributed by atoms with Gasteiger partial charge in [0.1, 0.15) is 6.54 Å². The van der Waals surface area contributed by atoms with E-state index in [1.807, 2.05) is 47.2 Å². The first-order valence-corrected chi connectivity index (χ1v) is 8.95. The molecule has 1 aromatic heterocycles. The van der Waals surface area contributed by atoms with E-state index in [2.05, 4.69) is 6.07 Å². The summed E-state index contributed by atoms with van der Waals surface area (Å²) in [4.78, 5) is 11.9. The second-order valence-electron chi connectivity index (χ2n) is 6.27. The van der Waals surface area contributed by atoms with E-state index in [4.69, 9.17) is 14.2 Å². The Morgan fingerprint density at radius 3 is 2.89 bits per heavy atom. The van der Waals surface area contributed by atoms with Gasteiger partial charge in [0.25, 0.3) is 0 Å². The van der Waals surface area contributed by atoms with Gasteiger partial charge in [-0.25, -0.2) is 0 Å². The highest BCUT2D eigenvalue weighted by Crippen LogP contribution is 2.35. The molecular weight excluding hydrogens is 356 g/mol. The molecule has 140 valence electrons. The van der Waals surface area contributed by atoms with E-state index in [1.54, 1.807) is 19.1 Å². The van der Waals surface area contributed by atoms with E-state index in [9.17, 15) is 10.1 Å². The molecular formula is C22H18N2O4. The minimum absolute atomic E-state index is 0.119. The molecule has 1 aliphatic heterocycles. The van der Waals surface area contributed by atoms with Gasteiger partial charge in [0.15, 0.2) is 11.5 Å². The van der Waals surface area contributed by atoms with Crippen molar-refractivity contribution in [1.29, 1.82) is 5.26 Å². The van der Waals surface area contributed by atoms with E-state index >= 15 is 0 Å². The van der Waals surface area contributed by atoms with Crippen LogP contribution in [0.1, 0.15) is 18.1 Å². The highest BCUT2D eigenvalue weighted by atomic mass is 16.7. The standard InChI is InChI=1S/C22H18N2O4/c1-2-26-22(25)13-24-12-17(18-5-3-4-6-19(18)24)9-16(11-23)15-7-8-20-21(10-15)28-14-27-20/h3-10,12H,2,13-14H2,1H3/b16-9-. The number of rotatable bonds is 5. The van der Waals surface area contributed by atoms with Gasteiger partial charge in [-0.05, 0) is 42.8 Å². The fourth-order valence-corrected chi connectivity index (χ4v) is 3.27. The first kappa shape index (κ1) is 17.7. The van der Waals surface area contributed by atoms with Crippen molar-refractivity contribution >= 4 is 28.5 Å². The lowest BCUT2D eigenvalue weighted by Crippen LogP contribution is -2.12. The van der Waals surface area contributed by atoms with E-state index in [-0.39, 0.29) is 19.3 Å². The minimum atomic E-state index is -0.296. The van der Waals surface area contributed by atoms with E-state index in [1.165, 1.54) is 0 Å². The lowest BCUT2D eigenvalue weighted by Gasteiger charge is -2.04. The first-order chi connectivity index (χ1) is 13.7. The summed E-state index contributed by atoms with van der Waals surface area (Å²) in [5.74, 6) is 1.01. The Bertz CT molecular complexity index is 1120. The molecule has 0 saturated carbocycles. The van der Waals surface area contributed by atoms with E-state index < -0.39 is 0 Å². The fourth-order valence-electron chi connectivity index (χ4n) is 3.27. The molecule has 0 aliphatic carbocycles. The molecule has 0 fully saturated rings. The summed E-state index contributed by atoms with van der Waals surface area (Å²) < 4.78 is 17.6. The van der Waals surface area contributed by atoms with Crippen LogP contribution in [0.4, 0.5) is 0 Å². The molecule has 6 nitrogen and oxygen atoms in total. The normalized spacial score (nSPS) is 12.8. The maximum absolute atomic E-state index is 11.9. The first-order valence-electron chi connectivity index (χ1n) is 8.95. The number of benzene rings is 2. The Labute approximate surface area is 162 Å². The SMILES string of the molecule is CCOC(=O)Cn1cc(/C=C(/C#N)c2ccc3c(c2)OCO3)c2ccccc21. The zero-order valence-electron chi connectivity index (χ0n) is 15.3. The van der Waals surface area contributed by atoms with Crippen LogP contribution in [0.5, 0.6) is 11.5 Å². The third-order valence-electron chi connectivity index (χ3n) is 4.53. The molecule has 2 heterocycles. The monoisotopic (exact) mass is 374 g/mol. The van der Waals surface area contributed by atoms with Gasteiger partial charge >= 0.3 is 5.97 Å². The lowest BCUT2D eigenvalue weighted by molar-refractivity contribution is -0.143. The maximum Gasteiger partial charge on any atom is 0.325 e. The van der Waals surface area contributed by atoms with Crippen LogP contribution in [-0.4, -0.2) is 23.9 Å². The number of aromatic nitrogens is 1. The number of allylic oxidation sites excluding steroid dienone is 1. The number of nitrogens with zero attached hydrogens (tertiary/aromatic N) is 2. The number of hydrogen-bond acceptors (Lipinski definition) is 5. The van der Waals surface area contributed by atoms with Crippen LogP contribution in [0.15, 0.2) is 48.7 Å². The maximum atomic E-state index is 11.9. The summed E-state index contributed by atoms with van der Waals surface area (Å²) in [6, 6.07) is 15.5. The van der Waals surface area contributed by atoms with Crippen LogP contribution in [0.3, 0.4) is 0 Å². The predicted molar refractivity (Wildman–Crippen MR) is 105 cm³/mol. The van der Waals surface area contributed by atoms with Crippen molar-refractivity contribution in [3.63, 3.8) is 0 Å². The van der Waals surface area contributed by atoms with Gasteiger partial charge in [-0.2, -0.15) is 5.26 Å². The highest BCUT2D eigenvalue weighted by Gasteiger charge is 2.16. The molecule has 0 N–H and O–H groups in total. The third kappa shape index (κ3) is 3.30. The minimum Gasteiger partial charge on any atom is -0.465 e. The summed E-state index contributed by atoms with van der Waals surface area (Å²) >= 11 is 0. The van der Waals surface area contributed by atoms with Gasteiger partial charge in [0.05, 0.1) is 18.2 Å². The topological polar surface area (TPSA) is 73.5 Å². The van der Waals surface area contributed by atoms with Crippen molar-refractivity contribution in [2.24, 2.45) is 0 Å². The van der Waals surface area contributed by atoms with Gasteiger partial charge < -0.3 is 18.8 Å². The average Bonchev–Trinajstić information content (AvgIpc) is 3.31. The average molecular weight is 374 g/mol. The zero-order chi connectivity index (χ0) is 19.5. The molecule has 0 atom stereocenters. The summed E-state index contributed by atoms with van der Waals surface area (Å²) in [5.41, 5.74) is 3.00. The molecule has 2 aromatic carbocycles. The molecule has 28 heavy (non-hydrogen) atoms. The van der Waals surface area contributed by atoms with Crippen molar-refractivity contribution < 1.29 is 19.0 Å². The molecule has 4 rings (SSSR count). The van der Waals surface area contributed by atoms with Gasteiger partial charge in [0, 0.05) is 22.7 Å². The van der Waals surface area contributed by atoms with E-state index in [0.717, 1.165) is 22.0 Å². The van der Waals surface area contributed by atoms with Crippen LogP contribution in [0, 0.1) is 11.3 Å². The Balaban J connectivity index is 1.75. The molecule has 0 amide bonds. The molecule has 0 spiro atoms.